The number of hydrogen-bond donors (Lipinski definition) is 1. The Morgan fingerprint density at radius 1 is 1.06 bits per heavy atom. The number of para-hydroxylation sites is 1. The molecule has 2 aliphatic rings. The van der Waals surface area contributed by atoms with Crippen LogP contribution in [-0.4, -0.2) is 44.3 Å². The average molecular weight is 473 g/mol. The molecule has 0 unspecified atom stereocenters. The van der Waals surface area contributed by atoms with E-state index in [1.165, 1.54) is 6.42 Å². The molecular formula is C24H27F3N6O. The lowest BCUT2D eigenvalue weighted by Gasteiger charge is -2.32. The number of alkyl halides is 3. The quantitative estimate of drug-likeness (QED) is 0.625. The highest BCUT2D eigenvalue weighted by molar-refractivity contribution is 5.55. The van der Waals surface area contributed by atoms with Crippen LogP contribution in [0.3, 0.4) is 0 Å². The van der Waals surface area contributed by atoms with Crippen LogP contribution in [-0.2, 0) is 25.7 Å². The molecule has 0 atom stereocenters. The summed E-state index contributed by atoms with van der Waals surface area (Å²) in [4.78, 5) is 22.6. The topological polar surface area (TPSA) is 70.1 Å². The molecule has 0 bridgehead atoms. The van der Waals surface area contributed by atoms with E-state index in [0.29, 0.717) is 25.1 Å². The molecule has 5 rings (SSSR count). The Bertz CT molecular complexity index is 1230. The van der Waals surface area contributed by atoms with E-state index in [-0.39, 0.29) is 12.2 Å². The summed E-state index contributed by atoms with van der Waals surface area (Å²) in [5.41, 5.74) is 2.82. The number of hydrogen-bond acceptors (Lipinski definition) is 5. The molecule has 4 heterocycles. The fraction of sp³-hybridized carbons (Fsp3) is 0.458. The molecule has 34 heavy (non-hydrogen) atoms. The van der Waals surface area contributed by atoms with Gasteiger partial charge in [0.15, 0.2) is 0 Å². The number of anilines is 1. The Hall–Kier alpha value is -3.14. The maximum atomic E-state index is 13.1. The zero-order chi connectivity index (χ0) is 23.9. The van der Waals surface area contributed by atoms with Gasteiger partial charge in [0.2, 0.25) is 5.82 Å². The van der Waals surface area contributed by atoms with E-state index in [0.717, 1.165) is 48.7 Å². The van der Waals surface area contributed by atoms with Crippen molar-refractivity contribution in [2.75, 3.05) is 24.5 Å². The molecular weight excluding hydrogens is 445 g/mol. The van der Waals surface area contributed by atoms with Gasteiger partial charge in [0, 0.05) is 44.7 Å². The Morgan fingerprint density at radius 3 is 2.50 bits per heavy atom. The highest BCUT2D eigenvalue weighted by Crippen LogP contribution is 2.32. The summed E-state index contributed by atoms with van der Waals surface area (Å²) in [6, 6.07) is 10.0. The van der Waals surface area contributed by atoms with Crippen molar-refractivity contribution in [1.29, 1.82) is 0 Å². The second-order valence-corrected chi connectivity index (χ2v) is 8.98. The standard InChI is InChI=1S/C24H27F3N6O/c1-16-18(14-31-13-10-20-19(15-31)21(34)29-23(28-20)24(25,26)27)22(32-11-6-3-7-12-32)33(30-16)17-8-4-2-5-9-17/h2,4-5,8-9H,3,6-7,10-15H2,1H3,(H,28,29,34). The van der Waals surface area contributed by atoms with Gasteiger partial charge in [0.05, 0.1) is 22.6 Å². The zero-order valence-electron chi connectivity index (χ0n) is 19.0. The zero-order valence-corrected chi connectivity index (χ0v) is 19.0. The molecule has 1 saturated heterocycles. The lowest BCUT2D eigenvalue weighted by atomic mass is 10.1. The van der Waals surface area contributed by atoms with E-state index < -0.39 is 17.6 Å². The van der Waals surface area contributed by atoms with Gasteiger partial charge in [-0.05, 0) is 38.3 Å². The van der Waals surface area contributed by atoms with Gasteiger partial charge < -0.3 is 9.88 Å². The Morgan fingerprint density at radius 2 is 1.79 bits per heavy atom. The summed E-state index contributed by atoms with van der Waals surface area (Å²) in [7, 11) is 0. The molecule has 0 radical (unpaired) electrons. The average Bonchev–Trinajstić information content (AvgIpc) is 3.15. The minimum atomic E-state index is -4.67. The Labute approximate surface area is 195 Å². The first kappa shape index (κ1) is 22.6. The monoisotopic (exact) mass is 472 g/mol. The molecule has 0 aliphatic carbocycles. The van der Waals surface area contributed by atoms with E-state index in [9.17, 15) is 18.0 Å². The van der Waals surface area contributed by atoms with E-state index >= 15 is 0 Å². The second kappa shape index (κ2) is 8.90. The summed E-state index contributed by atoms with van der Waals surface area (Å²) in [6.45, 7) is 5.24. The van der Waals surface area contributed by atoms with Crippen LogP contribution in [0.4, 0.5) is 19.0 Å². The maximum Gasteiger partial charge on any atom is 0.449 e. The molecule has 10 heteroatoms. The van der Waals surface area contributed by atoms with Crippen molar-refractivity contribution in [3.63, 3.8) is 0 Å². The van der Waals surface area contributed by atoms with Crippen LogP contribution in [0, 0.1) is 6.92 Å². The largest absolute Gasteiger partial charge is 0.449 e. The van der Waals surface area contributed by atoms with Gasteiger partial charge in [0.25, 0.3) is 5.56 Å². The molecule has 1 N–H and O–H groups in total. The van der Waals surface area contributed by atoms with E-state index in [1.54, 1.807) is 0 Å². The molecule has 3 aromatic rings. The SMILES string of the molecule is Cc1nn(-c2ccccc2)c(N2CCCCC2)c1CN1CCc2nc(C(F)(F)F)[nH]c(=O)c2C1. The Kier molecular flexibility index (Phi) is 5.93. The first-order chi connectivity index (χ1) is 16.3. The van der Waals surface area contributed by atoms with Gasteiger partial charge in [-0.2, -0.15) is 18.3 Å². The third-order valence-electron chi connectivity index (χ3n) is 6.61. The van der Waals surface area contributed by atoms with E-state index in [4.69, 9.17) is 5.10 Å². The number of rotatable bonds is 4. The summed E-state index contributed by atoms with van der Waals surface area (Å²) in [5, 5.41) is 4.87. The van der Waals surface area contributed by atoms with Gasteiger partial charge >= 0.3 is 6.18 Å². The molecule has 0 amide bonds. The number of nitrogens with zero attached hydrogens (tertiary/aromatic N) is 5. The van der Waals surface area contributed by atoms with Gasteiger partial charge in [-0.3, -0.25) is 9.69 Å². The van der Waals surface area contributed by atoms with Gasteiger partial charge in [-0.25, -0.2) is 9.67 Å². The predicted octanol–water partition coefficient (Wildman–Crippen LogP) is 3.83. The van der Waals surface area contributed by atoms with E-state index in [2.05, 4.69) is 14.8 Å². The summed E-state index contributed by atoms with van der Waals surface area (Å²) < 4.78 is 41.2. The first-order valence-corrected chi connectivity index (χ1v) is 11.6. The third kappa shape index (κ3) is 4.34. The van der Waals surface area contributed by atoms with Crippen LogP contribution in [0.1, 0.15) is 47.6 Å². The number of piperidine rings is 1. The number of aryl methyl sites for hydroxylation is 1. The van der Waals surface area contributed by atoms with Crippen LogP contribution in [0.5, 0.6) is 0 Å². The second-order valence-electron chi connectivity index (χ2n) is 8.98. The van der Waals surface area contributed by atoms with Crippen LogP contribution < -0.4 is 10.5 Å². The fourth-order valence-corrected chi connectivity index (χ4v) is 4.89. The highest BCUT2D eigenvalue weighted by atomic mass is 19.4. The first-order valence-electron chi connectivity index (χ1n) is 11.6. The van der Waals surface area contributed by atoms with E-state index in [1.807, 2.05) is 46.9 Å². The summed E-state index contributed by atoms with van der Waals surface area (Å²) in [5.74, 6) is -0.161. The number of halogens is 3. The van der Waals surface area contributed by atoms with Crippen molar-refractivity contribution < 1.29 is 13.2 Å². The maximum absolute atomic E-state index is 13.1. The van der Waals surface area contributed by atoms with Crippen LogP contribution in [0.25, 0.3) is 5.69 Å². The van der Waals surface area contributed by atoms with Gasteiger partial charge in [-0.1, -0.05) is 18.2 Å². The van der Waals surface area contributed by atoms with Crippen molar-refractivity contribution in [3.05, 3.63) is 69.0 Å². The van der Waals surface area contributed by atoms with Crippen LogP contribution in [0.15, 0.2) is 35.1 Å². The Balaban J connectivity index is 1.47. The molecule has 1 fully saturated rings. The molecule has 180 valence electrons. The van der Waals surface area contributed by atoms with Crippen molar-refractivity contribution in [2.24, 2.45) is 0 Å². The van der Waals surface area contributed by atoms with Crippen molar-refractivity contribution in [2.45, 2.75) is 51.9 Å². The molecule has 2 aromatic heterocycles. The molecule has 0 spiro atoms. The minimum Gasteiger partial charge on any atom is -0.356 e. The lowest BCUT2D eigenvalue weighted by Crippen LogP contribution is -2.37. The number of fused-ring (bicyclic) bond motifs is 1. The number of aromatic amines is 1. The van der Waals surface area contributed by atoms with Crippen molar-refractivity contribution >= 4 is 5.82 Å². The number of nitrogens with one attached hydrogen (secondary N) is 1. The van der Waals surface area contributed by atoms with Crippen molar-refractivity contribution in [3.8, 4) is 5.69 Å². The fourth-order valence-electron chi connectivity index (χ4n) is 4.89. The third-order valence-corrected chi connectivity index (χ3v) is 6.61. The van der Waals surface area contributed by atoms with Crippen molar-refractivity contribution in [1.82, 2.24) is 24.6 Å². The molecule has 1 aromatic carbocycles. The highest BCUT2D eigenvalue weighted by Gasteiger charge is 2.36. The van der Waals surface area contributed by atoms with Gasteiger partial charge in [0.1, 0.15) is 5.82 Å². The van der Waals surface area contributed by atoms with Gasteiger partial charge in [-0.15, -0.1) is 0 Å². The summed E-state index contributed by atoms with van der Waals surface area (Å²) >= 11 is 0. The molecule has 7 nitrogen and oxygen atoms in total. The lowest BCUT2D eigenvalue weighted by molar-refractivity contribution is -0.145. The molecule has 0 saturated carbocycles. The normalized spacial score (nSPS) is 17.1. The number of H-pyrrole nitrogens is 1. The molecule has 2 aliphatic heterocycles. The predicted molar refractivity (Wildman–Crippen MR) is 122 cm³/mol. The number of aromatic nitrogens is 4. The summed E-state index contributed by atoms with van der Waals surface area (Å²) in [6.07, 6.45) is -0.912. The smallest absolute Gasteiger partial charge is 0.356 e. The van der Waals surface area contributed by atoms with Crippen LogP contribution >= 0.6 is 0 Å². The number of benzene rings is 1. The van der Waals surface area contributed by atoms with Crippen LogP contribution in [0.2, 0.25) is 0 Å². The minimum absolute atomic E-state index is 0.236.